The first-order valence-electron chi connectivity index (χ1n) is 12.0. The number of nitrogens with zero attached hydrogens (tertiary/aromatic N) is 3. The molecule has 0 aliphatic carbocycles. The molecule has 0 bridgehead atoms. The number of hydrogen-bond acceptors (Lipinski definition) is 5. The van der Waals surface area contributed by atoms with Gasteiger partial charge in [-0.3, -0.25) is 19.5 Å². The minimum Gasteiger partial charge on any atom is -0.497 e. The first-order chi connectivity index (χ1) is 18.4. The lowest BCUT2D eigenvalue weighted by molar-refractivity contribution is -0.117. The molecule has 0 atom stereocenters. The number of imidazole rings is 1. The van der Waals surface area contributed by atoms with Gasteiger partial charge in [-0.15, -0.1) is 0 Å². The molecular formula is C29H29FN4O4. The Morgan fingerprint density at radius 1 is 1.00 bits per heavy atom. The fraction of sp³-hybridized carbons (Fsp3) is 0.207. The van der Waals surface area contributed by atoms with E-state index < -0.39 is 5.91 Å². The third-order valence-corrected chi connectivity index (χ3v) is 6.01. The maximum absolute atomic E-state index is 13.5. The summed E-state index contributed by atoms with van der Waals surface area (Å²) in [6, 6.07) is 20.4. The molecule has 0 aliphatic rings. The van der Waals surface area contributed by atoms with Crippen LogP contribution in [0.4, 0.5) is 10.3 Å². The van der Waals surface area contributed by atoms with E-state index in [-0.39, 0.29) is 37.4 Å². The van der Waals surface area contributed by atoms with Crippen LogP contribution in [0.15, 0.2) is 79.0 Å². The lowest BCUT2D eigenvalue weighted by Crippen LogP contribution is -2.40. The summed E-state index contributed by atoms with van der Waals surface area (Å²) in [5, 5.41) is 2.84. The van der Waals surface area contributed by atoms with E-state index in [1.54, 1.807) is 61.4 Å². The van der Waals surface area contributed by atoms with Crippen LogP contribution in [0.25, 0.3) is 16.9 Å². The summed E-state index contributed by atoms with van der Waals surface area (Å²) in [6.07, 6.45) is 1.76. The van der Waals surface area contributed by atoms with E-state index >= 15 is 0 Å². The lowest BCUT2D eigenvalue weighted by atomic mass is 10.1. The zero-order chi connectivity index (χ0) is 27.1. The van der Waals surface area contributed by atoms with Gasteiger partial charge in [0.25, 0.3) is 5.91 Å². The van der Waals surface area contributed by atoms with Crippen molar-refractivity contribution in [3.63, 3.8) is 0 Å². The molecule has 4 aromatic rings. The van der Waals surface area contributed by atoms with Gasteiger partial charge in [-0.05, 0) is 67.1 Å². The second-order valence-electron chi connectivity index (χ2n) is 8.61. The average Bonchev–Trinajstić information content (AvgIpc) is 3.34. The number of hydrogen-bond donors (Lipinski definition) is 1. The summed E-state index contributed by atoms with van der Waals surface area (Å²) >= 11 is 0. The van der Waals surface area contributed by atoms with Gasteiger partial charge in [0.1, 0.15) is 18.1 Å². The van der Waals surface area contributed by atoms with Crippen LogP contribution in [0.2, 0.25) is 0 Å². The van der Waals surface area contributed by atoms with Crippen molar-refractivity contribution in [1.82, 2.24) is 14.5 Å². The van der Waals surface area contributed by atoms with Gasteiger partial charge in [0.05, 0.1) is 19.4 Å². The smallest absolute Gasteiger partial charge is 0.254 e. The van der Waals surface area contributed by atoms with Gasteiger partial charge in [0.2, 0.25) is 11.9 Å². The van der Waals surface area contributed by atoms with E-state index in [1.807, 2.05) is 31.2 Å². The highest BCUT2D eigenvalue weighted by Gasteiger charge is 2.22. The lowest BCUT2D eigenvalue weighted by Gasteiger charge is -2.22. The standard InChI is InChI=1S/C29H29FN4O4/c1-20-6-4-5-7-25(20)28(36)33(16-17-37-2)19-27(35)32-29-31-26(21-8-10-22(30)11-9-21)18-34(29)23-12-14-24(38-3)15-13-23/h4-15,18H,16-17,19H2,1-3H3,(H,31,32,35). The Morgan fingerprint density at radius 2 is 1.71 bits per heavy atom. The normalized spacial score (nSPS) is 10.7. The third kappa shape index (κ3) is 6.24. The fourth-order valence-corrected chi connectivity index (χ4v) is 3.94. The Labute approximate surface area is 220 Å². The fourth-order valence-electron chi connectivity index (χ4n) is 3.94. The highest BCUT2D eigenvalue weighted by Crippen LogP contribution is 2.26. The zero-order valence-corrected chi connectivity index (χ0v) is 21.5. The number of nitrogens with one attached hydrogen (secondary N) is 1. The summed E-state index contributed by atoms with van der Waals surface area (Å²) in [6.45, 7) is 2.17. The van der Waals surface area contributed by atoms with Crippen molar-refractivity contribution < 1.29 is 23.5 Å². The molecule has 196 valence electrons. The Kier molecular flexibility index (Phi) is 8.50. The van der Waals surface area contributed by atoms with Gasteiger partial charge >= 0.3 is 0 Å². The predicted octanol–water partition coefficient (Wildman–Crippen LogP) is 4.72. The van der Waals surface area contributed by atoms with Gasteiger partial charge in [-0.25, -0.2) is 9.37 Å². The monoisotopic (exact) mass is 516 g/mol. The Morgan fingerprint density at radius 3 is 2.37 bits per heavy atom. The van der Waals surface area contributed by atoms with Crippen LogP contribution in [0, 0.1) is 12.7 Å². The molecule has 8 nitrogen and oxygen atoms in total. The third-order valence-electron chi connectivity index (χ3n) is 6.01. The number of benzene rings is 3. The first-order valence-corrected chi connectivity index (χ1v) is 12.0. The largest absolute Gasteiger partial charge is 0.497 e. The summed E-state index contributed by atoms with van der Waals surface area (Å²) in [4.78, 5) is 32.5. The molecule has 0 saturated heterocycles. The topological polar surface area (TPSA) is 85.7 Å². The molecule has 0 aliphatic heterocycles. The highest BCUT2D eigenvalue weighted by atomic mass is 19.1. The second-order valence-corrected chi connectivity index (χ2v) is 8.61. The zero-order valence-electron chi connectivity index (χ0n) is 21.5. The number of halogens is 1. The van der Waals surface area contributed by atoms with Crippen LogP contribution in [-0.2, 0) is 9.53 Å². The SMILES string of the molecule is COCCN(CC(=O)Nc1nc(-c2ccc(F)cc2)cn1-c1ccc(OC)cc1)C(=O)c1ccccc1C. The number of carbonyl (C=O) groups is 2. The molecule has 1 heterocycles. The molecule has 0 saturated carbocycles. The Balaban J connectivity index is 1.62. The van der Waals surface area contributed by atoms with Crippen LogP contribution < -0.4 is 10.1 Å². The van der Waals surface area contributed by atoms with Crippen LogP contribution in [0.1, 0.15) is 15.9 Å². The molecule has 38 heavy (non-hydrogen) atoms. The quantitative estimate of drug-likeness (QED) is 0.330. The van der Waals surface area contributed by atoms with Gasteiger partial charge in [0, 0.05) is 36.7 Å². The van der Waals surface area contributed by atoms with Crippen LogP contribution in [0.3, 0.4) is 0 Å². The number of amides is 2. The van der Waals surface area contributed by atoms with E-state index in [0.717, 1.165) is 11.3 Å². The highest BCUT2D eigenvalue weighted by molar-refractivity contribution is 6.00. The Bertz CT molecular complexity index is 1400. The summed E-state index contributed by atoms with van der Waals surface area (Å²) in [5.41, 5.74) is 3.30. The number of carbonyl (C=O) groups excluding carboxylic acids is 2. The van der Waals surface area contributed by atoms with Crippen LogP contribution in [-0.4, -0.2) is 60.2 Å². The van der Waals surface area contributed by atoms with Gasteiger partial charge in [0.15, 0.2) is 0 Å². The molecule has 0 spiro atoms. The Hall–Kier alpha value is -4.50. The molecule has 1 N–H and O–H groups in total. The first kappa shape index (κ1) is 26.6. The number of methoxy groups -OCH3 is 2. The van der Waals surface area contributed by atoms with E-state index in [0.29, 0.717) is 22.6 Å². The van der Waals surface area contributed by atoms with Crippen LogP contribution in [0.5, 0.6) is 5.75 Å². The molecule has 4 rings (SSSR count). The van der Waals surface area contributed by atoms with Crippen molar-refractivity contribution in [3.8, 4) is 22.7 Å². The summed E-state index contributed by atoms with van der Waals surface area (Å²) in [5.74, 6) is -0.0996. The molecule has 0 unspecified atom stereocenters. The maximum atomic E-state index is 13.5. The maximum Gasteiger partial charge on any atom is 0.254 e. The van der Waals surface area contributed by atoms with E-state index in [1.165, 1.54) is 17.0 Å². The summed E-state index contributed by atoms with van der Waals surface area (Å²) in [7, 11) is 3.12. The minimum atomic E-state index is -0.422. The molecular weight excluding hydrogens is 487 g/mol. The van der Waals surface area contributed by atoms with Gasteiger partial charge in [-0.2, -0.15) is 0 Å². The second kappa shape index (κ2) is 12.2. The number of rotatable bonds is 10. The molecule has 0 fully saturated rings. The molecule has 3 aromatic carbocycles. The van der Waals surface area contributed by atoms with E-state index in [4.69, 9.17) is 9.47 Å². The van der Waals surface area contributed by atoms with Crippen molar-refractivity contribution >= 4 is 17.8 Å². The van der Waals surface area contributed by atoms with Gasteiger partial charge < -0.3 is 14.4 Å². The van der Waals surface area contributed by atoms with Crippen molar-refractivity contribution in [1.29, 1.82) is 0 Å². The van der Waals surface area contributed by atoms with Crippen molar-refractivity contribution in [3.05, 3.63) is 95.9 Å². The van der Waals surface area contributed by atoms with Crippen molar-refractivity contribution in [2.75, 3.05) is 39.2 Å². The molecule has 1 aromatic heterocycles. The van der Waals surface area contributed by atoms with E-state index in [9.17, 15) is 14.0 Å². The van der Waals surface area contributed by atoms with Crippen molar-refractivity contribution in [2.24, 2.45) is 0 Å². The number of aryl methyl sites for hydroxylation is 1. The van der Waals surface area contributed by atoms with Crippen LogP contribution >= 0.6 is 0 Å². The minimum absolute atomic E-state index is 0.197. The average molecular weight is 517 g/mol. The molecule has 0 radical (unpaired) electrons. The van der Waals surface area contributed by atoms with Gasteiger partial charge in [-0.1, -0.05) is 18.2 Å². The number of aromatic nitrogens is 2. The predicted molar refractivity (Wildman–Crippen MR) is 143 cm³/mol. The summed E-state index contributed by atoms with van der Waals surface area (Å²) < 4.78 is 25.6. The van der Waals surface area contributed by atoms with E-state index in [2.05, 4.69) is 10.3 Å². The molecule has 9 heteroatoms. The van der Waals surface area contributed by atoms with Crippen molar-refractivity contribution in [2.45, 2.75) is 6.92 Å². The number of anilines is 1. The molecule has 2 amide bonds. The number of ether oxygens (including phenoxy) is 2.